The van der Waals surface area contributed by atoms with Crippen LogP contribution in [0.25, 0.3) is 0 Å². The number of benzene rings is 1. The molecule has 0 aromatic heterocycles. The molecule has 1 aromatic rings. The zero-order chi connectivity index (χ0) is 15.0. The summed E-state index contributed by atoms with van der Waals surface area (Å²) in [4.78, 5) is 25.3. The number of hydrogen-bond donors (Lipinski definition) is 0. The number of anilines is 1. The lowest BCUT2D eigenvalue weighted by Crippen LogP contribution is -2.31. The molecule has 0 fully saturated rings. The van der Waals surface area contributed by atoms with Crippen molar-refractivity contribution in [1.29, 1.82) is 0 Å². The van der Waals surface area contributed by atoms with Gasteiger partial charge in [0.05, 0.1) is 13.0 Å². The third kappa shape index (κ3) is 5.43. The first-order valence-corrected chi connectivity index (χ1v) is 7.05. The monoisotopic (exact) mass is 277 g/mol. The maximum Gasteiger partial charge on any atom is 0.306 e. The van der Waals surface area contributed by atoms with Crippen LogP contribution >= 0.6 is 0 Å². The van der Waals surface area contributed by atoms with E-state index in [0.717, 1.165) is 5.69 Å². The standard InChI is InChI=1S/C16H23NO3/c1-4-17(14-8-6-5-7-9-14)15(18)10-11-16(19)20-12-13(2)3/h5-9,13H,4,10-12H2,1-3H3. The summed E-state index contributed by atoms with van der Waals surface area (Å²) >= 11 is 0. The van der Waals surface area contributed by atoms with Crippen LogP contribution in [-0.4, -0.2) is 25.0 Å². The molecule has 0 unspecified atom stereocenters. The Morgan fingerprint density at radius 3 is 2.35 bits per heavy atom. The molecule has 0 aliphatic carbocycles. The third-order valence-electron chi connectivity index (χ3n) is 2.81. The summed E-state index contributed by atoms with van der Waals surface area (Å²) in [6.07, 6.45) is 0.314. The summed E-state index contributed by atoms with van der Waals surface area (Å²) in [5, 5.41) is 0. The minimum Gasteiger partial charge on any atom is -0.465 e. The molecule has 1 amide bonds. The topological polar surface area (TPSA) is 46.6 Å². The van der Waals surface area contributed by atoms with Crippen LogP contribution in [0.3, 0.4) is 0 Å². The van der Waals surface area contributed by atoms with Gasteiger partial charge in [-0.25, -0.2) is 0 Å². The van der Waals surface area contributed by atoms with Crippen LogP contribution in [0.2, 0.25) is 0 Å². The maximum absolute atomic E-state index is 12.1. The fourth-order valence-electron chi connectivity index (χ4n) is 1.79. The van der Waals surface area contributed by atoms with Crippen molar-refractivity contribution in [2.45, 2.75) is 33.6 Å². The Morgan fingerprint density at radius 1 is 1.15 bits per heavy atom. The minimum atomic E-state index is -0.309. The maximum atomic E-state index is 12.1. The number of esters is 1. The molecule has 0 spiro atoms. The molecule has 4 heteroatoms. The van der Waals surface area contributed by atoms with Crippen molar-refractivity contribution >= 4 is 17.6 Å². The van der Waals surface area contributed by atoms with Crippen molar-refractivity contribution in [1.82, 2.24) is 0 Å². The van der Waals surface area contributed by atoms with Gasteiger partial charge in [-0.05, 0) is 25.0 Å². The van der Waals surface area contributed by atoms with E-state index in [9.17, 15) is 9.59 Å². The highest BCUT2D eigenvalue weighted by atomic mass is 16.5. The molecule has 0 bridgehead atoms. The first kappa shape index (κ1) is 16.2. The molecule has 0 radical (unpaired) electrons. The second-order valence-electron chi connectivity index (χ2n) is 5.05. The Hall–Kier alpha value is -1.84. The van der Waals surface area contributed by atoms with Gasteiger partial charge in [0.15, 0.2) is 0 Å². The van der Waals surface area contributed by atoms with Crippen LogP contribution in [0.1, 0.15) is 33.6 Å². The molecule has 0 saturated carbocycles. The van der Waals surface area contributed by atoms with Gasteiger partial charge in [0.1, 0.15) is 0 Å². The zero-order valence-electron chi connectivity index (χ0n) is 12.5. The lowest BCUT2D eigenvalue weighted by atomic mass is 10.2. The van der Waals surface area contributed by atoms with Gasteiger partial charge in [-0.2, -0.15) is 0 Å². The largest absolute Gasteiger partial charge is 0.465 e. The van der Waals surface area contributed by atoms with Gasteiger partial charge in [-0.1, -0.05) is 32.0 Å². The van der Waals surface area contributed by atoms with Gasteiger partial charge in [-0.15, -0.1) is 0 Å². The number of hydrogen-bond acceptors (Lipinski definition) is 3. The zero-order valence-corrected chi connectivity index (χ0v) is 12.5. The lowest BCUT2D eigenvalue weighted by Gasteiger charge is -2.20. The Balaban J connectivity index is 2.46. The highest BCUT2D eigenvalue weighted by Crippen LogP contribution is 2.14. The van der Waals surface area contributed by atoms with Crippen LogP contribution < -0.4 is 4.90 Å². The van der Waals surface area contributed by atoms with E-state index in [1.54, 1.807) is 4.90 Å². The molecule has 0 saturated heterocycles. The number of para-hydroxylation sites is 1. The Bertz CT molecular complexity index is 429. The van der Waals surface area contributed by atoms with Crippen LogP contribution in [-0.2, 0) is 14.3 Å². The molecule has 110 valence electrons. The summed E-state index contributed by atoms with van der Waals surface area (Å²) in [6.45, 7) is 6.87. The van der Waals surface area contributed by atoms with Crippen LogP contribution in [0.15, 0.2) is 30.3 Å². The van der Waals surface area contributed by atoms with Gasteiger partial charge in [-0.3, -0.25) is 9.59 Å². The van der Waals surface area contributed by atoms with Crippen molar-refractivity contribution in [3.8, 4) is 0 Å². The van der Waals surface area contributed by atoms with E-state index in [2.05, 4.69) is 0 Å². The molecule has 0 N–H and O–H groups in total. The van der Waals surface area contributed by atoms with E-state index < -0.39 is 0 Å². The summed E-state index contributed by atoms with van der Waals surface area (Å²) in [5.74, 6) is -0.0533. The Labute approximate surface area is 120 Å². The number of rotatable bonds is 7. The van der Waals surface area contributed by atoms with Crippen molar-refractivity contribution < 1.29 is 14.3 Å². The van der Waals surface area contributed by atoms with E-state index in [1.807, 2.05) is 51.1 Å². The average Bonchev–Trinajstić information content (AvgIpc) is 2.45. The van der Waals surface area contributed by atoms with Crippen molar-refractivity contribution in [2.75, 3.05) is 18.1 Å². The number of ether oxygens (including phenoxy) is 1. The summed E-state index contributed by atoms with van der Waals surface area (Å²) < 4.78 is 5.06. The molecule has 1 aromatic carbocycles. The molecule has 0 aliphatic heterocycles. The lowest BCUT2D eigenvalue weighted by molar-refractivity contribution is -0.145. The minimum absolute atomic E-state index is 0.0554. The first-order chi connectivity index (χ1) is 9.54. The third-order valence-corrected chi connectivity index (χ3v) is 2.81. The highest BCUT2D eigenvalue weighted by molar-refractivity contribution is 5.94. The summed E-state index contributed by atoms with van der Waals surface area (Å²) in [6, 6.07) is 9.46. The second-order valence-corrected chi connectivity index (χ2v) is 5.05. The van der Waals surface area contributed by atoms with Gasteiger partial charge in [0.2, 0.25) is 5.91 Å². The highest BCUT2D eigenvalue weighted by Gasteiger charge is 2.15. The van der Waals surface area contributed by atoms with E-state index in [-0.39, 0.29) is 24.7 Å². The van der Waals surface area contributed by atoms with Crippen molar-refractivity contribution in [2.24, 2.45) is 5.92 Å². The Kier molecular flexibility index (Phi) is 6.77. The van der Waals surface area contributed by atoms with Gasteiger partial charge in [0, 0.05) is 18.7 Å². The summed E-state index contributed by atoms with van der Waals surface area (Å²) in [5.41, 5.74) is 0.857. The fraction of sp³-hybridized carbons (Fsp3) is 0.500. The molecule has 4 nitrogen and oxygen atoms in total. The van der Waals surface area contributed by atoms with Crippen LogP contribution in [0.4, 0.5) is 5.69 Å². The normalized spacial score (nSPS) is 10.4. The molecule has 0 aliphatic rings. The second kappa shape index (κ2) is 8.35. The van der Waals surface area contributed by atoms with Gasteiger partial charge < -0.3 is 9.64 Å². The van der Waals surface area contributed by atoms with E-state index in [1.165, 1.54) is 0 Å². The first-order valence-electron chi connectivity index (χ1n) is 7.05. The number of carbonyl (C=O) groups excluding carboxylic acids is 2. The molecule has 0 heterocycles. The van der Waals surface area contributed by atoms with E-state index in [0.29, 0.717) is 19.1 Å². The predicted octanol–water partition coefficient (Wildman–Crippen LogP) is 3.02. The predicted molar refractivity (Wildman–Crippen MR) is 79.5 cm³/mol. The molecule has 0 atom stereocenters. The summed E-state index contributed by atoms with van der Waals surface area (Å²) in [7, 11) is 0. The number of nitrogens with zero attached hydrogens (tertiary/aromatic N) is 1. The fourth-order valence-corrected chi connectivity index (χ4v) is 1.79. The molecular weight excluding hydrogens is 254 g/mol. The van der Waals surface area contributed by atoms with E-state index in [4.69, 9.17) is 4.74 Å². The van der Waals surface area contributed by atoms with Gasteiger partial charge >= 0.3 is 5.97 Å². The molecule has 20 heavy (non-hydrogen) atoms. The van der Waals surface area contributed by atoms with Crippen molar-refractivity contribution in [3.63, 3.8) is 0 Å². The Morgan fingerprint density at radius 2 is 1.80 bits per heavy atom. The van der Waals surface area contributed by atoms with Crippen LogP contribution in [0.5, 0.6) is 0 Å². The average molecular weight is 277 g/mol. The molecule has 1 rings (SSSR count). The van der Waals surface area contributed by atoms with E-state index >= 15 is 0 Å². The van der Waals surface area contributed by atoms with Gasteiger partial charge in [0.25, 0.3) is 0 Å². The SMILES string of the molecule is CCN(C(=O)CCC(=O)OCC(C)C)c1ccccc1. The van der Waals surface area contributed by atoms with Crippen molar-refractivity contribution in [3.05, 3.63) is 30.3 Å². The number of amides is 1. The quantitative estimate of drug-likeness (QED) is 0.720. The van der Waals surface area contributed by atoms with Crippen LogP contribution in [0, 0.1) is 5.92 Å². The number of carbonyl (C=O) groups is 2. The molecular formula is C16H23NO3. The smallest absolute Gasteiger partial charge is 0.306 e.